The van der Waals surface area contributed by atoms with E-state index in [4.69, 9.17) is 4.42 Å². The summed E-state index contributed by atoms with van der Waals surface area (Å²) >= 11 is 3.06. The highest BCUT2D eigenvalue weighted by Gasteiger charge is 2.20. The normalized spacial score (nSPS) is 10.9. The van der Waals surface area contributed by atoms with Crippen molar-refractivity contribution in [1.82, 2.24) is 20.1 Å². The van der Waals surface area contributed by atoms with Gasteiger partial charge in [-0.25, -0.2) is 0 Å². The van der Waals surface area contributed by atoms with Crippen molar-refractivity contribution in [3.63, 3.8) is 0 Å². The van der Waals surface area contributed by atoms with Gasteiger partial charge >= 0.3 is 0 Å². The van der Waals surface area contributed by atoms with Gasteiger partial charge in [-0.15, -0.1) is 28.1 Å². The van der Waals surface area contributed by atoms with E-state index in [1.807, 2.05) is 16.7 Å². The van der Waals surface area contributed by atoms with Crippen molar-refractivity contribution in [2.24, 2.45) is 0 Å². The van der Waals surface area contributed by atoms with Crippen LogP contribution in [0, 0.1) is 13.8 Å². The molecule has 3 aromatic heterocycles. The van der Waals surface area contributed by atoms with Gasteiger partial charge in [0, 0.05) is 27.9 Å². The summed E-state index contributed by atoms with van der Waals surface area (Å²) in [6.07, 6.45) is 3.41. The number of benzene rings is 1. The highest BCUT2D eigenvalue weighted by molar-refractivity contribution is 7.99. The molecular formula is C24H24N4O2S2. The standard InChI is InChI=1S/C24H24N4O2S2/c1-4-11-28-23(20-14-31-17(3)22(20)18-9-7-16(2)8-10-18)26-27-24(28)32-15-21(29)25-13-19-6-5-12-30-19/h4-10,12,14H,1,11,13,15H2,2-3H3,(H,25,29). The molecule has 0 aliphatic rings. The third-order valence-corrected chi connectivity index (χ3v) is 6.83. The first-order chi connectivity index (χ1) is 15.6. The maximum atomic E-state index is 12.3. The fraction of sp³-hybridized carbons (Fsp3) is 0.208. The highest BCUT2D eigenvalue weighted by atomic mass is 32.2. The zero-order chi connectivity index (χ0) is 22.5. The van der Waals surface area contributed by atoms with Crippen LogP contribution in [0.3, 0.4) is 0 Å². The molecule has 0 saturated carbocycles. The molecular weight excluding hydrogens is 440 g/mol. The highest BCUT2D eigenvalue weighted by Crippen LogP contribution is 2.39. The second kappa shape index (κ2) is 10.0. The predicted molar refractivity (Wildman–Crippen MR) is 130 cm³/mol. The van der Waals surface area contributed by atoms with E-state index in [9.17, 15) is 4.79 Å². The number of thioether (sulfide) groups is 1. The number of nitrogens with zero attached hydrogens (tertiary/aromatic N) is 3. The van der Waals surface area contributed by atoms with Crippen molar-refractivity contribution in [1.29, 1.82) is 0 Å². The quantitative estimate of drug-likeness (QED) is 0.262. The number of amides is 1. The molecule has 0 spiro atoms. The molecule has 32 heavy (non-hydrogen) atoms. The minimum Gasteiger partial charge on any atom is -0.467 e. The molecule has 0 aliphatic heterocycles. The lowest BCUT2D eigenvalue weighted by atomic mass is 10.0. The molecule has 164 valence electrons. The van der Waals surface area contributed by atoms with Gasteiger partial charge in [-0.05, 0) is 31.5 Å². The Morgan fingerprint density at radius 2 is 2.06 bits per heavy atom. The minimum atomic E-state index is -0.0900. The molecule has 1 amide bonds. The largest absolute Gasteiger partial charge is 0.467 e. The van der Waals surface area contributed by atoms with Gasteiger partial charge < -0.3 is 9.73 Å². The number of aromatic nitrogens is 3. The van der Waals surface area contributed by atoms with E-state index in [1.54, 1.807) is 23.7 Å². The fourth-order valence-corrected chi connectivity index (χ4v) is 5.01. The van der Waals surface area contributed by atoms with Gasteiger partial charge in [0.15, 0.2) is 11.0 Å². The van der Waals surface area contributed by atoms with Crippen molar-refractivity contribution < 1.29 is 9.21 Å². The lowest BCUT2D eigenvalue weighted by molar-refractivity contribution is -0.118. The number of allylic oxidation sites excluding steroid dienone is 1. The molecule has 1 aromatic carbocycles. The fourth-order valence-electron chi connectivity index (χ4n) is 3.37. The molecule has 1 N–H and O–H groups in total. The number of hydrogen-bond donors (Lipinski definition) is 1. The Kier molecular flexibility index (Phi) is 6.92. The molecule has 0 radical (unpaired) electrons. The molecule has 0 unspecified atom stereocenters. The Balaban J connectivity index is 1.55. The average Bonchev–Trinajstić information content (AvgIpc) is 3.52. The average molecular weight is 465 g/mol. The van der Waals surface area contributed by atoms with E-state index in [2.05, 4.69) is 65.6 Å². The predicted octanol–water partition coefficient (Wildman–Crippen LogP) is 5.48. The van der Waals surface area contributed by atoms with Gasteiger partial charge in [0.2, 0.25) is 5.91 Å². The third kappa shape index (κ3) is 4.87. The van der Waals surface area contributed by atoms with E-state index in [0.29, 0.717) is 18.2 Å². The topological polar surface area (TPSA) is 73.0 Å². The van der Waals surface area contributed by atoms with Crippen molar-refractivity contribution in [2.45, 2.75) is 32.1 Å². The summed E-state index contributed by atoms with van der Waals surface area (Å²) in [5, 5.41) is 14.5. The monoisotopic (exact) mass is 464 g/mol. The second-order valence-corrected chi connectivity index (χ2v) is 9.32. The first-order valence-corrected chi connectivity index (χ1v) is 12.0. The SMILES string of the molecule is C=CCn1c(SCC(=O)NCc2ccco2)nnc1-c1csc(C)c1-c1ccc(C)cc1. The van der Waals surface area contributed by atoms with Gasteiger partial charge in [0.1, 0.15) is 5.76 Å². The van der Waals surface area contributed by atoms with Crippen LogP contribution in [0.4, 0.5) is 0 Å². The van der Waals surface area contributed by atoms with Crippen LogP contribution in [0.1, 0.15) is 16.2 Å². The number of aryl methyl sites for hydroxylation is 2. The van der Waals surface area contributed by atoms with Crippen LogP contribution in [0.2, 0.25) is 0 Å². The lowest BCUT2D eigenvalue weighted by Gasteiger charge is -2.10. The number of carbonyl (C=O) groups is 1. The van der Waals surface area contributed by atoms with E-state index in [0.717, 1.165) is 22.7 Å². The van der Waals surface area contributed by atoms with Crippen LogP contribution < -0.4 is 5.32 Å². The van der Waals surface area contributed by atoms with E-state index < -0.39 is 0 Å². The Morgan fingerprint density at radius 3 is 2.78 bits per heavy atom. The number of rotatable bonds is 9. The van der Waals surface area contributed by atoms with Crippen molar-refractivity contribution in [2.75, 3.05) is 5.75 Å². The minimum absolute atomic E-state index is 0.0900. The van der Waals surface area contributed by atoms with Crippen LogP contribution in [-0.4, -0.2) is 26.4 Å². The van der Waals surface area contributed by atoms with Crippen molar-refractivity contribution in [3.8, 4) is 22.5 Å². The van der Waals surface area contributed by atoms with Crippen LogP contribution in [-0.2, 0) is 17.9 Å². The summed E-state index contributed by atoms with van der Waals surface area (Å²) in [7, 11) is 0. The number of nitrogens with one attached hydrogen (secondary N) is 1. The van der Waals surface area contributed by atoms with Gasteiger partial charge in [0.05, 0.1) is 18.6 Å². The molecule has 0 bridgehead atoms. The van der Waals surface area contributed by atoms with Crippen LogP contribution in [0.5, 0.6) is 0 Å². The second-order valence-electron chi connectivity index (χ2n) is 7.30. The maximum Gasteiger partial charge on any atom is 0.230 e. The maximum absolute atomic E-state index is 12.3. The molecule has 4 aromatic rings. The van der Waals surface area contributed by atoms with Gasteiger partial charge in [-0.2, -0.15) is 0 Å². The molecule has 3 heterocycles. The van der Waals surface area contributed by atoms with Crippen molar-refractivity contribution in [3.05, 3.63) is 76.9 Å². The summed E-state index contributed by atoms with van der Waals surface area (Å²) in [5.74, 6) is 1.65. The van der Waals surface area contributed by atoms with Crippen LogP contribution >= 0.6 is 23.1 Å². The van der Waals surface area contributed by atoms with E-state index in [-0.39, 0.29) is 11.7 Å². The Labute approximate surface area is 195 Å². The van der Waals surface area contributed by atoms with Gasteiger partial charge in [-0.1, -0.05) is 47.7 Å². The van der Waals surface area contributed by atoms with Crippen LogP contribution in [0.15, 0.2) is 70.3 Å². The lowest BCUT2D eigenvalue weighted by Crippen LogP contribution is -2.24. The van der Waals surface area contributed by atoms with Gasteiger partial charge in [0.25, 0.3) is 0 Å². The molecule has 0 fully saturated rings. The summed E-state index contributed by atoms with van der Waals surface area (Å²) in [6, 6.07) is 12.1. The summed E-state index contributed by atoms with van der Waals surface area (Å²) in [5.41, 5.74) is 4.59. The molecule has 0 saturated heterocycles. The van der Waals surface area contributed by atoms with Crippen molar-refractivity contribution >= 4 is 29.0 Å². The summed E-state index contributed by atoms with van der Waals surface area (Å²) < 4.78 is 7.26. The van der Waals surface area contributed by atoms with E-state index in [1.165, 1.54) is 27.8 Å². The zero-order valence-corrected chi connectivity index (χ0v) is 19.6. The number of hydrogen-bond acceptors (Lipinski definition) is 6. The molecule has 0 aliphatic carbocycles. The first kappa shape index (κ1) is 22.1. The first-order valence-electron chi connectivity index (χ1n) is 10.2. The number of thiophene rings is 1. The Hall–Kier alpha value is -3.10. The molecule has 4 rings (SSSR count). The molecule has 6 nitrogen and oxygen atoms in total. The number of carbonyl (C=O) groups excluding carboxylic acids is 1. The van der Waals surface area contributed by atoms with Gasteiger partial charge in [-0.3, -0.25) is 9.36 Å². The van der Waals surface area contributed by atoms with Crippen LogP contribution in [0.25, 0.3) is 22.5 Å². The zero-order valence-electron chi connectivity index (χ0n) is 18.0. The third-order valence-electron chi connectivity index (χ3n) is 4.96. The Bertz CT molecular complexity index is 1210. The molecule has 0 atom stereocenters. The Morgan fingerprint density at radius 1 is 1.25 bits per heavy atom. The number of furan rings is 1. The summed E-state index contributed by atoms with van der Waals surface area (Å²) in [6.45, 7) is 9.02. The summed E-state index contributed by atoms with van der Waals surface area (Å²) in [4.78, 5) is 13.5. The van der Waals surface area contributed by atoms with E-state index >= 15 is 0 Å². The molecule has 8 heteroatoms. The smallest absolute Gasteiger partial charge is 0.230 e.